The zero-order valence-electron chi connectivity index (χ0n) is 10.4. The Balaban J connectivity index is 3.25. The first-order chi connectivity index (χ1) is 8.56. The van der Waals surface area contributed by atoms with Gasteiger partial charge in [-0.3, -0.25) is 0 Å². The molecule has 1 N–H and O–H groups in total. The first-order valence-corrected chi connectivity index (χ1v) is 7.20. The molecule has 0 aliphatic carbocycles. The molecule has 18 heavy (non-hydrogen) atoms. The molecule has 0 aromatic heterocycles. The minimum Gasteiger partial charge on any atom is -0.492 e. The number of sulfonamides is 1. The number of nitrogens with zero attached hydrogens (tertiary/aromatic N) is 1. The Hall–Kier alpha value is -1.58. The summed E-state index contributed by atoms with van der Waals surface area (Å²) in [6, 6.07) is 6.44. The molecule has 0 bridgehead atoms. The molecule has 0 spiro atoms. The molecule has 0 amide bonds. The molecule has 0 heterocycles. The molecule has 0 unspecified atom stereocenters. The zero-order valence-corrected chi connectivity index (χ0v) is 11.3. The maximum Gasteiger partial charge on any atom is 0.242 e. The second-order valence-corrected chi connectivity index (χ2v) is 5.31. The summed E-state index contributed by atoms with van der Waals surface area (Å²) in [5.41, 5.74) is 0.0444. The molecule has 0 aliphatic heterocycles. The minimum absolute atomic E-state index is 0.0376. The van der Waals surface area contributed by atoms with Crippen LogP contribution in [0.2, 0.25) is 0 Å². The number of ether oxygens (including phenoxy) is 1. The normalized spacial score (nSPS) is 10.9. The van der Waals surface area contributed by atoms with E-state index < -0.39 is 10.0 Å². The number of benzene rings is 1. The third-order valence-electron chi connectivity index (χ3n) is 2.23. The van der Waals surface area contributed by atoms with Gasteiger partial charge in [-0.15, -0.1) is 0 Å². The van der Waals surface area contributed by atoms with Crippen LogP contribution < -0.4 is 9.46 Å². The first-order valence-electron chi connectivity index (χ1n) is 5.72. The van der Waals surface area contributed by atoms with Crippen LogP contribution in [0.5, 0.6) is 5.75 Å². The molecule has 98 valence electrons. The zero-order chi connectivity index (χ0) is 13.6. The van der Waals surface area contributed by atoms with Gasteiger partial charge in [-0.05, 0) is 25.5 Å². The molecule has 0 aliphatic rings. The smallest absolute Gasteiger partial charge is 0.242 e. The van der Waals surface area contributed by atoms with E-state index in [0.717, 1.165) is 0 Å². The van der Waals surface area contributed by atoms with Gasteiger partial charge in [0.05, 0.1) is 6.61 Å². The molecule has 1 aromatic carbocycles. The third-order valence-corrected chi connectivity index (χ3v) is 3.73. The van der Waals surface area contributed by atoms with E-state index in [4.69, 9.17) is 10.00 Å². The highest BCUT2D eigenvalue weighted by Gasteiger charge is 2.20. The lowest BCUT2D eigenvalue weighted by Gasteiger charge is -2.10. The predicted molar refractivity (Wildman–Crippen MR) is 67.8 cm³/mol. The SMILES string of the molecule is CCCNS(=O)(=O)c1cccc(OCC)c1C#N. The van der Waals surface area contributed by atoms with Crippen LogP contribution in [0.4, 0.5) is 0 Å². The van der Waals surface area contributed by atoms with Crippen molar-refractivity contribution in [2.75, 3.05) is 13.2 Å². The van der Waals surface area contributed by atoms with Crippen molar-refractivity contribution in [3.8, 4) is 11.8 Å². The largest absolute Gasteiger partial charge is 0.492 e. The van der Waals surface area contributed by atoms with Crippen molar-refractivity contribution >= 4 is 10.0 Å². The van der Waals surface area contributed by atoms with E-state index in [-0.39, 0.29) is 10.5 Å². The predicted octanol–water partition coefficient (Wildman–Crippen LogP) is 1.65. The summed E-state index contributed by atoms with van der Waals surface area (Å²) in [5.74, 6) is 0.291. The van der Waals surface area contributed by atoms with Gasteiger partial charge in [0.1, 0.15) is 22.3 Å². The second kappa shape index (κ2) is 6.38. The Morgan fingerprint density at radius 1 is 1.39 bits per heavy atom. The number of nitriles is 1. The van der Waals surface area contributed by atoms with Crippen molar-refractivity contribution in [2.24, 2.45) is 0 Å². The van der Waals surface area contributed by atoms with E-state index in [1.54, 1.807) is 19.1 Å². The molecule has 0 saturated heterocycles. The average molecular weight is 268 g/mol. The van der Waals surface area contributed by atoms with Crippen LogP contribution in [0.1, 0.15) is 25.8 Å². The monoisotopic (exact) mass is 268 g/mol. The maximum atomic E-state index is 12.0. The van der Waals surface area contributed by atoms with Crippen LogP contribution in [-0.4, -0.2) is 21.6 Å². The quantitative estimate of drug-likeness (QED) is 0.850. The Morgan fingerprint density at radius 3 is 2.67 bits per heavy atom. The number of hydrogen-bond acceptors (Lipinski definition) is 4. The van der Waals surface area contributed by atoms with Gasteiger partial charge >= 0.3 is 0 Å². The molecule has 0 saturated carbocycles. The van der Waals surface area contributed by atoms with Gasteiger partial charge in [0.15, 0.2) is 0 Å². The standard InChI is InChI=1S/C12H16N2O3S/c1-3-8-14-18(15,16)12-7-5-6-11(17-4-2)10(12)9-13/h5-7,14H,3-4,8H2,1-2H3. The van der Waals surface area contributed by atoms with Gasteiger partial charge in [-0.1, -0.05) is 13.0 Å². The summed E-state index contributed by atoms with van der Waals surface area (Å²) in [6.07, 6.45) is 0.687. The Kier molecular flexibility index (Phi) is 5.13. The average Bonchev–Trinajstić information content (AvgIpc) is 2.36. The molecule has 1 rings (SSSR count). The van der Waals surface area contributed by atoms with Gasteiger partial charge in [0, 0.05) is 6.54 Å². The van der Waals surface area contributed by atoms with Gasteiger partial charge < -0.3 is 4.74 Å². The van der Waals surface area contributed by atoms with Crippen molar-refractivity contribution < 1.29 is 13.2 Å². The third kappa shape index (κ3) is 3.22. The first kappa shape index (κ1) is 14.5. The van der Waals surface area contributed by atoms with Crippen molar-refractivity contribution in [3.63, 3.8) is 0 Å². The summed E-state index contributed by atoms with van der Waals surface area (Å²) in [5, 5.41) is 9.09. The molecule has 5 nitrogen and oxygen atoms in total. The Labute approximate surface area is 107 Å². The van der Waals surface area contributed by atoms with Gasteiger partial charge in [0.2, 0.25) is 10.0 Å². The summed E-state index contributed by atoms with van der Waals surface area (Å²) in [6.45, 7) is 4.36. The fraction of sp³-hybridized carbons (Fsp3) is 0.417. The van der Waals surface area contributed by atoms with Crippen LogP contribution in [0, 0.1) is 11.3 Å². The van der Waals surface area contributed by atoms with Crippen LogP contribution in [0.15, 0.2) is 23.1 Å². The minimum atomic E-state index is -3.66. The van der Waals surface area contributed by atoms with Crippen molar-refractivity contribution in [1.82, 2.24) is 4.72 Å². The highest BCUT2D eigenvalue weighted by atomic mass is 32.2. The molecule has 1 aromatic rings. The Morgan fingerprint density at radius 2 is 2.11 bits per heavy atom. The fourth-order valence-corrected chi connectivity index (χ4v) is 2.74. The van der Waals surface area contributed by atoms with E-state index in [0.29, 0.717) is 25.3 Å². The maximum absolute atomic E-state index is 12.0. The lowest BCUT2D eigenvalue weighted by Crippen LogP contribution is -2.25. The summed E-state index contributed by atoms with van der Waals surface area (Å²) in [7, 11) is -3.66. The molecule has 0 radical (unpaired) electrons. The molecular weight excluding hydrogens is 252 g/mol. The topological polar surface area (TPSA) is 79.2 Å². The molecule has 6 heteroatoms. The van der Waals surface area contributed by atoms with Crippen LogP contribution in [-0.2, 0) is 10.0 Å². The summed E-state index contributed by atoms with van der Waals surface area (Å²) >= 11 is 0. The molecule has 0 atom stereocenters. The van der Waals surface area contributed by atoms with Crippen LogP contribution >= 0.6 is 0 Å². The van der Waals surface area contributed by atoms with Gasteiger partial charge in [-0.25, -0.2) is 13.1 Å². The summed E-state index contributed by atoms with van der Waals surface area (Å²) in [4.78, 5) is -0.0376. The van der Waals surface area contributed by atoms with Crippen LogP contribution in [0.25, 0.3) is 0 Å². The van der Waals surface area contributed by atoms with E-state index in [1.807, 2.05) is 13.0 Å². The van der Waals surface area contributed by atoms with E-state index in [9.17, 15) is 8.42 Å². The van der Waals surface area contributed by atoms with Crippen molar-refractivity contribution in [2.45, 2.75) is 25.2 Å². The fourth-order valence-electron chi connectivity index (χ4n) is 1.44. The molecule has 0 fully saturated rings. The van der Waals surface area contributed by atoms with Gasteiger partial charge in [0.25, 0.3) is 0 Å². The number of nitrogens with one attached hydrogen (secondary N) is 1. The van der Waals surface area contributed by atoms with Crippen molar-refractivity contribution in [3.05, 3.63) is 23.8 Å². The molecular formula is C12H16N2O3S. The van der Waals surface area contributed by atoms with Crippen LogP contribution in [0.3, 0.4) is 0 Å². The van der Waals surface area contributed by atoms with Crippen molar-refractivity contribution in [1.29, 1.82) is 5.26 Å². The summed E-state index contributed by atoms with van der Waals surface area (Å²) < 4.78 is 31.7. The Bertz CT molecular complexity index is 547. The number of hydrogen-bond donors (Lipinski definition) is 1. The van der Waals surface area contributed by atoms with Gasteiger partial charge in [-0.2, -0.15) is 5.26 Å². The van der Waals surface area contributed by atoms with E-state index >= 15 is 0 Å². The highest BCUT2D eigenvalue weighted by molar-refractivity contribution is 7.89. The van der Waals surface area contributed by atoms with E-state index in [1.165, 1.54) is 6.07 Å². The second-order valence-electron chi connectivity index (χ2n) is 3.57. The van der Waals surface area contributed by atoms with E-state index in [2.05, 4.69) is 4.72 Å². The lowest BCUT2D eigenvalue weighted by atomic mass is 10.2. The lowest BCUT2D eigenvalue weighted by molar-refractivity contribution is 0.338. The highest BCUT2D eigenvalue weighted by Crippen LogP contribution is 2.25. The number of rotatable bonds is 6.